The van der Waals surface area contributed by atoms with E-state index in [-0.39, 0.29) is 5.82 Å². The fourth-order valence-corrected chi connectivity index (χ4v) is 3.52. The minimum absolute atomic E-state index is 0.288. The van der Waals surface area contributed by atoms with Gasteiger partial charge in [-0.1, -0.05) is 6.07 Å². The van der Waals surface area contributed by atoms with E-state index in [4.69, 9.17) is 12.2 Å². The summed E-state index contributed by atoms with van der Waals surface area (Å²) in [6.07, 6.45) is 0. The molecule has 98 valence electrons. The van der Waals surface area contributed by atoms with Crippen molar-refractivity contribution >= 4 is 44.7 Å². The van der Waals surface area contributed by atoms with Crippen LogP contribution in [0.2, 0.25) is 0 Å². The van der Waals surface area contributed by atoms with E-state index in [0.717, 1.165) is 11.2 Å². The van der Waals surface area contributed by atoms with Crippen LogP contribution in [0.1, 0.15) is 0 Å². The topological polar surface area (TPSA) is 20.7 Å². The van der Waals surface area contributed by atoms with E-state index < -0.39 is 0 Å². The number of halogens is 1. The second-order valence-electron chi connectivity index (χ2n) is 4.54. The summed E-state index contributed by atoms with van der Waals surface area (Å²) in [4.78, 5) is 2.94. The Morgan fingerprint density at radius 3 is 2.95 bits per heavy atom. The number of benzene rings is 2. The van der Waals surface area contributed by atoms with Crippen LogP contribution in [0.4, 0.5) is 4.39 Å². The summed E-state index contributed by atoms with van der Waals surface area (Å²) in [6, 6.07) is 13.2. The summed E-state index contributed by atoms with van der Waals surface area (Å²) < 4.78 is 17.4. The van der Waals surface area contributed by atoms with Gasteiger partial charge in [-0.2, -0.15) is 0 Å². The van der Waals surface area contributed by atoms with Crippen molar-refractivity contribution in [3.8, 4) is 5.69 Å². The quantitative estimate of drug-likeness (QED) is 0.488. The third-order valence-corrected chi connectivity index (χ3v) is 4.54. The molecular weight excluding hydrogens is 291 g/mol. The van der Waals surface area contributed by atoms with E-state index in [0.29, 0.717) is 10.3 Å². The summed E-state index contributed by atoms with van der Waals surface area (Å²) in [5, 5.41) is 3.22. The Kier molecular flexibility index (Phi) is 2.52. The van der Waals surface area contributed by atoms with Crippen LogP contribution in [0, 0.1) is 10.6 Å². The number of aromatic amines is 1. The standard InChI is InChI=1S/C15H9FN2S2/c16-11-2-1-3-12-14(11)17-15(19)18(12)10-4-5-13-9(8-10)6-7-20-13/h1-8H,(H,17,19). The predicted octanol–water partition coefficient (Wildman–Crippen LogP) is 5.04. The highest BCUT2D eigenvalue weighted by Crippen LogP contribution is 2.26. The maximum Gasteiger partial charge on any atom is 0.182 e. The molecule has 0 aliphatic rings. The molecule has 0 aliphatic heterocycles. The Morgan fingerprint density at radius 2 is 2.05 bits per heavy atom. The fourth-order valence-electron chi connectivity index (χ4n) is 2.44. The van der Waals surface area contributed by atoms with Gasteiger partial charge in [0.05, 0.1) is 5.52 Å². The zero-order valence-electron chi connectivity index (χ0n) is 10.3. The molecule has 0 radical (unpaired) electrons. The van der Waals surface area contributed by atoms with Crippen LogP contribution in [0.5, 0.6) is 0 Å². The first-order valence-electron chi connectivity index (χ1n) is 6.11. The molecule has 1 N–H and O–H groups in total. The molecule has 0 unspecified atom stereocenters. The van der Waals surface area contributed by atoms with Gasteiger partial charge in [0.15, 0.2) is 4.77 Å². The smallest absolute Gasteiger partial charge is 0.182 e. The minimum atomic E-state index is -0.288. The second kappa shape index (κ2) is 4.26. The number of H-pyrrole nitrogens is 1. The van der Waals surface area contributed by atoms with Gasteiger partial charge in [-0.3, -0.25) is 4.57 Å². The molecule has 0 saturated carbocycles. The van der Waals surface area contributed by atoms with Crippen LogP contribution in [0.25, 0.3) is 26.8 Å². The number of fused-ring (bicyclic) bond motifs is 2. The maximum absolute atomic E-state index is 13.8. The van der Waals surface area contributed by atoms with Crippen LogP contribution in [-0.2, 0) is 0 Å². The molecule has 2 heterocycles. The molecule has 2 aromatic carbocycles. The third kappa shape index (κ3) is 1.63. The van der Waals surface area contributed by atoms with Crippen molar-refractivity contribution in [2.45, 2.75) is 0 Å². The van der Waals surface area contributed by atoms with Gasteiger partial charge >= 0.3 is 0 Å². The molecule has 2 nitrogen and oxygen atoms in total. The van der Waals surface area contributed by atoms with E-state index in [1.54, 1.807) is 17.4 Å². The lowest BCUT2D eigenvalue weighted by Gasteiger charge is -2.04. The Hall–Kier alpha value is -1.98. The van der Waals surface area contributed by atoms with E-state index in [9.17, 15) is 4.39 Å². The highest BCUT2D eigenvalue weighted by Gasteiger charge is 2.10. The number of aromatic nitrogens is 2. The Bertz CT molecular complexity index is 994. The number of nitrogens with zero attached hydrogens (tertiary/aromatic N) is 1. The van der Waals surface area contributed by atoms with Crippen LogP contribution < -0.4 is 0 Å². The van der Waals surface area contributed by atoms with E-state index in [2.05, 4.69) is 28.6 Å². The van der Waals surface area contributed by atoms with Crippen LogP contribution in [0.15, 0.2) is 47.8 Å². The molecule has 0 aliphatic carbocycles. The first kappa shape index (κ1) is 11.8. The number of hydrogen-bond donors (Lipinski definition) is 1. The monoisotopic (exact) mass is 300 g/mol. The summed E-state index contributed by atoms with van der Waals surface area (Å²) in [5.74, 6) is -0.288. The largest absolute Gasteiger partial charge is 0.328 e. The van der Waals surface area contributed by atoms with Crippen molar-refractivity contribution in [2.24, 2.45) is 0 Å². The lowest BCUT2D eigenvalue weighted by atomic mass is 10.2. The normalized spacial score (nSPS) is 11.4. The van der Waals surface area contributed by atoms with Gasteiger partial charge in [0, 0.05) is 10.4 Å². The Morgan fingerprint density at radius 1 is 1.15 bits per heavy atom. The van der Waals surface area contributed by atoms with Crippen LogP contribution >= 0.6 is 23.6 Å². The van der Waals surface area contributed by atoms with Gasteiger partial charge in [0.2, 0.25) is 0 Å². The Labute approximate surface area is 123 Å². The van der Waals surface area contributed by atoms with Crippen molar-refractivity contribution < 1.29 is 4.39 Å². The minimum Gasteiger partial charge on any atom is -0.328 e. The third-order valence-electron chi connectivity index (χ3n) is 3.36. The fraction of sp³-hybridized carbons (Fsp3) is 0. The highest BCUT2D eigenvalue weighted by atomic mass is 32.1. The van der Waals surface area contributed by atoms with E-state index >= 15 is 0 Å². The molecule has 4 aromatic rings. The maximum atomic E-state index is 13.8. The van der Waals surface area contributed by atoms with Gasteiger partial charge in [0.25, 0.3) is 0 Å². The zero-order valence-corrected chi connectivity index (χ0v) is 11.9. The number of hydrogen-bond acceptors (Lipinski definition) is 2. The number of para-hydroxylation sites is 1. The molecule has 20 heavy (non-hydrogen) atoms. The molecule has 2 aromatic heterocycles. The van der Waals surface area contributed by atoms with Crippen LogP contribution in [0.3, 0.4) is 0 Å². The SMILES string of the molecule is Fc1cccc2c1[nH]c(=S)n2-c1ccc2sccc2c1. The summed E-state index contributed by atoms with van der Waals surface area (Å²) in [7, 11) is 0. The molecule has 4 rings (SSSR count). The first-order valence-corrected chi connectivity index (χ1v) is 7.40. The molecular formula is C15H9FN2S2. The van der Waals surface area contributed by atoms with E-state index in [1.165, 1.54) is 16.2 Å². The molecule has 0 spiro atoms. The van der Waals surface area contributed by atoms with E-state index in [1.807, 2.05) is 16.7 Å². The average molecular weight is 300 g/mol. The highest BCUT2D eigenvalue weighted by molar-refractivity contribution is 7.71. The number of imidazole rings is 1. The number of nitrogens with one attached hydrogen (secondary N) is 1. The molecule has 0 fully saturated rings. The van der Waals surface area contributed by atoms with Gasteiger partial charge < -0.3 is 4.98 Å². The lowest BCUT2D eigenvalue weighted by Crippen LogP contribution is -1.93. The molecule has 5 heteroatoms. The van der Waals surface area contributed by atoms with Crippen molar-refractivity contribution in [2.75, 3.05) is 0 Å². The van der Waals surface area contributed by atoms with Crippen molar-refractivity contribution in [3.63, 3.8) is 0 Å². The van der Waals surface area contributed by atoms with Gasteiger partial charge in [-0.25, -0.2) is 4.39 Å². The van der Waals surface area contributed by atoms with Crippen molar-refractivity contribution in [1.29, 1.82) is 0 Å². The molecule has 0 atom stereocenters. The average Bonchev–Trinajstić information content (AvgIpc) is 3.02. The molecule has 0 amide bonds. The number of thiophene rings is 1. The van der Waals surface area contributed by atoms with Gasteiger partial charge in [0.1, 0.15) is 11.3 Å². The first-order chi connectivity index (χ1) is 9.74. The van der Waals surface area contributed by atoms with Crippen molar-refractivity contribution in [3.05, 3.63) is 58.4 Å². The number of rotatable bonds is 1. The predicted molar refractivity (Wildman–Crippen MR) is 83.8 cm³/mol. The second-order valence-corrected chi connectivity index (χ2v) is 5.88. The van der Waals surface area contributed by atoms with Crippen molar-refractivity contribution in [1.82, 2.24) is 9.55 Å². The molecule has 0 saturated heterocycles. The summed E-state index contributed by atoms with van der Waals surface area (Å²) in [5.41, 5.74) is 2.14. The van der Waals surface area contributed by atoms with Gasteiger partial charge in [-0.05, 0) is 59.4 Å². The molecule has 0 bridgehead atoms. The summed E-state index contributed by atoms with van der Waals surface area (Å²) in [6.45, 7) is 0. The summed E-state index contributed by atoms with van der Waals surface area (Å²) >= 11 is 7.04. The lowest BCUT2D eigenvalue weighted by molar-refractivity contribution is 0.637. The zero-order chi connectivity index (χ0) is 13.7. The Balaban J connectivity index is 2.08. The van der Waals surface area contributed by atoms with Crippen LogP contribution in [-0.4, -0.2) is 9.55 Å². The van der Waals surface area contributed by atoms with Gasteiger partial charge in [-0.15, -0.1) is 11.3 Å².